The molecule has 2 rings (SSSR count). The Morgan fingerprint density at radius 1 is 1.26 bits per heavy atom. The van der Waals surface area contributed by atoms with E-state index in [1.54, 1.807) is 0 Å². The number of nitrogens with zero attached hydrogens (tertiary/aromatic N) is 1. The lowest BCUT2D eigenvalue weighted by Gasteiger charge is -2.26. The molecule has 0 aliphatic carbocycles. The molecule has 3 unspecified atom stereocenters. The third-order valence-corrected chi connectivity index (χ3v) is 3.84. The summed E-state index contributed by atoms with van der Waals surface area (Å²) < 4.78 is 5.83. The van der Waals surface area contributed by atoms with Crippen LogP contribution in [0.4, 0.5) is 0 Å². The van der Waals surface area contributed by atoms with Crippen LogP contribution < -0.4 is 5.32 Å². The van der Waals surface area contributed by atoms with Gasteiger partial charge in [-0.1, -0.05) is 30.3 Å². The molecule has 1 saturated heterocycles. The molecule has 0 radical (unpaired) electrons. The molecule has 0 spiro atoms. The van der Waals surface area contributed by atoms with E-state index in [2.05, 4.69) is 61.6 Å². The molecular weight excluding hydrogens is 236 g/mol. The van der Waals surface area contributed by atoms with Gasteiger partial charge in [-0.05, 0) is 39.4 Å². The molecule has 0 bridgehead atoms. The number of rotatable bonds is 6. The van der Waals surface area contributed by atoms with E-state index in [1.807, 2.05) is 0 Å². The lowest BCUT2D eigenvalue weighted by atomic mass is 10.1. The normalized spacial score (nSPS) is 24.8. The monoisotopic (exact) mass is 262 g/mol. The van der Waals surface area contributed by atoms with Gasteiger partial charge in [-0.15, -0.1) is 0 Å². The molecule has 0 aromatic heterocycles. The quantitative estimate of drug-likeness (QED) is 0.852. The third kappa shape index (κ3) is 4.30. The van der Waals surface area contributed by atoms with Gasteiger partial charge in [-0.2, -0.15) is 0 Å². The predicted molar refractivity (Wildman–Crippen MR) is 79.3 cm³/mol. The average Bonchev–Trinajstić information content (AvgIpc) is 2.81. The Hall–Kier alpha value is -0.900. The Morgan fingerprint density at radius 2 is 2.00 bits per heavy atom. The highest BCUT2D eigenvalue weighted by atomic mass is 16.5. The van der Waals surface area contributed by atoms with E-state index in [-0.39, 0.29) is 0 Å². The summed E-state index contributed by atoms with van der Waals surface area (Å²) in [5.74, 6) is 0. The lowest BCUT2D eigenvalue weighted by molar-refractivity contribution is 0.0551. The number of hydrogen-bond acceptors (Lipinski definition) is 3. The maximum atomic E-state index is 5.83. The van der Waals surface area contributed by atoms with Crippen LogP contribution in [0.15, 0.2) is 30.3 Å². The lowest BCUT2D eigenvalue weighted by Crippen LogP contribution is -2.35. The number of hydrogen-bond donors (Lipinski definition) is 1. The van der Waals surface area contributed by atoms with Crippen molar-refractivity contribution in [2.24, 2.45) is 0 Å². The van der Waals surface area contributed by atoms with Crippen LogP contribution in [0.1, 0.15) is 31.4 Å². The predicted octanol–water partition coefficient (Wildman–Crippen LogP) is 2.45. The van der Waals surface area contributed by atoms with E-state index in [9.17, 15) is 0 Å². The van der Waals surface area contributed by atoms with Crippen LogP contribution in [0.5, 0.6) is 0 Å². The van der Waals surface area contributed by atoms with Gasteiger partial charge in [-0.3, -0.25) is 0 Å². The van der Waals surface area contributed by atoms with E-state index < -0.39 is 0 Å². The number of ether oxygens (including phenoxy) is 1. The molecule has 1 aromatic rings. The third-order valence-electron chi connectivity index (χ3n) is 3.84. The highest BCUT2D eigenvalue weighted by Gasteiger charge is 2.22. The zero-order valence-corrected chi connectivity index (χ0v) is 12.3. The fraction of sp³-hybridized carbons (Fsp3) is 0.625. The van der Waals surface area contributed by atoms with E-state index in [4.69, 9.17) is 4.74 Å². The molecule has 3 nitrogen and oxygen atoms in total. The number of likely N-dealkylation sites (N-methyl/N-ethyl adjacent to an activating group) is 1. The van der Waals surface area contributed by atoms with Crippen LogP contribution in [-0.2, 0) is 4.74 Å². The van der Waals surface area contributed by atoms with E-state index in [0.29, 0.717) is 18.2 Å². The molecule has 3 heteroatoms. The Labute approximate surface area is 116 Å². The van der Waals surface area contributed by atoms with Crippen LogP contribution in [0.25, 0.3) is 0 Å². The van der Waals surface area contributed by atoms with Crippen molar-refractivity contribution >= 4 is 0 Å². The molecule has 19 heavy (non-hydrogen) atoms. The van der Waals surface area contributed by atoms with Crippen molar-refractivity contribution in [2.75, 3.05) is 27.2 Å². The van der Waals surface area contributed by atoms with Gasteiger partial charge in [0, 0.05) is 19.1 Å². The molecule has 1 aliphatic rings. The Balaban J connectivity index is 1.81. The fourth-order valence-electron chi connectivity index (χ4n) is 2.69. The van der Waals surface area contributed by atoms with Crippen molar-refractivity contribution in [2.45, 2.75) is 38.0 Å². The summed E-state index contributed by atoms with van der Waals surface area (Å²) in [6, 6.07) is 11.1. The standard InChI is InChI=1S/C16H26N2O/c1-13-9-10-15(19-13)11-17-12-16(18(2)3)14-7-5-4-6-8-14/h4-8,13,15-17H,9-12H2,1-3H3. The molecular formula is C16H26N2O. The van der Waals surface area contributed by atoms with Gasteiger partial charge >= 0.3 is 0 Å². The van der Waals surface area contributed by atoms with Crippen LogP contribution in [0.3, 0.4) is 0 Å². The molecule has 0 amide bonds. The van der Waals surface area contributed by atoms with Gasteiger partial charge in [0.15, 0.2) is 0 Å². The zero-order chi connectivity index (χ0) is 13.7. The fourth-order valence-corrected chi connectivity index (χ4v) is 2.69. The van der Waals surface area contributed by atoms with Gasteiger partial charge in [0.25, 0.3) is 0 Å². The summed E-state index contributed by atoms with van der Waals surface area (Å²) >= 11 is 0. The second-order valence-corrected chi connectivity index (χ2v) is 5.69. The molecule has 1 aliphatic heterocycles. The molecule has 0 saturated carbocycles. The summed E-state index contributed by atoms with van der Waals surface area (Å²) in [6.07, 6.45) is 3.22. The van der Waals surface area contributed by atoms with Gasteiger partial charge in [0.1, 0.15) is 0 Å². The highest BCUT2D eigenvalue weighted by molar-refractivity contribution is 5.19. The van der Waals surface area contributed by atoms with Crippen LogP contribution in [0.2, 0.25) is 0 Å². The second-order valence-electron chi connectivity index (χ2n) is 5.69. The first-order chi connectivity index (χ1) is 9.16. The zero-order valence-electron chi connectivity index (χ0n) is 12.3. The molecule has 1 aromatic carbocycles. The maximum Gasteiger partial charge on any atom is 0.0704 e. The Kier molecular flexibility index (Phi) is 5.37. The Bertz CT molecular complexity index is 366. The minimum atomic E-state index is 0.397. The number of nitrogens with one attached hydrogen (secondary N) is 1. The summed E-state index contributed by atoms with van der Waals surface area (Å²) in [4.78, 5) is 2.26. The molecule has 106 valence electrons. The molecule has 1 heterocycles. The van der Waals surface area contributed by atoms with Crippen LogP contribution >= 0.6 is 0 Å². The molecule has 1 N–H and O–H groups in total. The van der Waals surface area contributed by atoms with Crippen molar-refractivity contribution in [3.8, 4) is 0 Å². The molecule has 3 atom stereocenters. The number of benzene rings is 1. The Morgan fingerprint density at radius 3 is 2.58 bits per heavy atom. The summed E-state index contributed by atoms with van der Waals surface area (Å²) in [5.41, 5.74) is 1.36. The largest absolute Gasteiger partial charge is 0.374 e. The van der Waals surface area contributed by atoms with Gasteiger partial charge in [0.05, 0.1) is 12.2 Å². The van der Waals surface area contributed by atoms with Crippen molar-refractivity contribution in [1.29, 1.82) is 0 Å². The smallest absolute Gasteiger partial charge is 0.0704 e. The first-order valence-electron chi connectivity index (χ1n) is 7.24. The minimum Gasteiger partial charge on any atom is -0.374 e. The van der Waals surface area contributed by atoms with Crippen molar-refractivity contribution in [3.05, 3.63) is 35.9 Å². The summed E-state index contributed by atoms with van der Waals surface area (Å²) in [5, 5.41) is 3.56. The van der Waals surface area contributed by atoms with Gasteiger partial charge in [0.2, 0.25) is 0 Å². The highest BCUT2D eigenvalue weighted by Crippen LogP contribution is 2.19. The first-order valence-corrected chi connectivity index (χ1v) is 7.24. The average molecular weight is 262 g/mol. The van der Waals surface area contributed by atoms with E-state index in [0.717, 1.165) is 13.1 Å². The maximum absolute atomic E-state index is 5.83. The second kappa shape index (κ2) is 7.04. The summed E-state index contributed by atoms with van der Waals surface area (Å²) in [7, 11) is 4.26. The van der Waals surface area contributed by atoms with Crippen molar-refractivity contribution in [3.63, 3.8) is 0 Å². The van der Waals surface area contributed by atoms with Crippen molar-refractivity contribution < 1.29 is 4.74 Å². The van der Waals surface area contributed by atoms with Gasteiger partial charge in [-0.25, -0.2) is 0 Å². The topological polar surface area (TPSA) is 24.5 Å². The SMILES string of the molecule is CC1CCC(CNCC(c2ccccc2)N(C)C)O1. The van der Waals surface area contributed by atoms with E-state index in [1.165, 1.54) is 18.4 Å². The van der Waals surface area contributed by atoms with Crippen molar-refractivity contribution in [1.82, 2.24) is 10.2 Å². The van der Waals surface area contributed by atoms with Crippen LogP contribution in [0, 0.1) is 0 Å². The minimum absolute atomic E-state index is 0.397. The van der Waals surface area contributed by atoms with Gasteiger partial charge < -0.3 is 15.0 Å². The summed E-state index contributed by atoms with van der Waals surface area (Å²) in [6.45, 7) is 4.08. The first kappa shape index (κ1) is 14.5. The molecule has 1 fully saturated rings. The van der Waals surface area contributed by atoms with E-state index >= 15 is 0 Å². The van der Waals surface area contributed by atoms with Crippen LogP contribution in [-0.4, -0.2) is 44.3 Å².